The van der Waals surface area contributed by atoms with Crippen molar-refractivity contribution in [1.82, 2.24) is 5.09 Å². The van der Waals surface area contributed by atoms with Crippen molar-refractivity contribution in [3.63, 3.8) is 0 Å². The topological polar surface area (TPSA) is 38.3 Å². The highest BCUT2D eigenvalue weighted by Crippen LogP contribution is 2.49. The predicted octanol–water partition coefficient (Wildman–Crippen LogP) is 5.99. The van der Waals surface area contributed by atoms with Crippen molar-refractivity contribution in [3.8, 4) is 5.75 Å². The number of benzene rings is 4. The van der Waals surface area contributed by atoms with Crippen molar-refractivity contribution < 1.29 is 9.30 Å². The largest absolute Gasteiger partial charge is 0.497 e. The third-order valence-electron chi connectivity index (χ3n) is 6.60. The summed E-state index contributed by atoms with van der Waals surface area (Å²) in [4.78, 5) is 0. The molecule has 0 amide bonds. The zero-order chi connectivity index (χ0) is 22.7. The lowest BCUT2D eigenvalue weighted by Gasteiger charge is -2.37. The zero-order valence-corrected chi connectivity index (χ0v) is 19.6. The van der Waals surface area contributed by atoms with Gasteiger partial charge in [-0.25, -0.2) is 0 Å². The summed E-state index contributed by atoms with van der Waals surface area (Å²) >= 11 is 0. The summed E-state index contributed by atoms with van der Waals surface area (Å²) in [6.07, 6.45) is 1.97. The Balaban J connectivity index is 1.67. The van der Waals surface area contributed by atoms with Crippen LogP contribution in [0.25, 0.3) is 0 Å². The van der Waals surface area contributed by atoms with E-state index >= 15 is 0 Å². The Labute approximate surface area is 195 Å². The lowest BCUT2D eigenvalue weighted by molar-refractivity contribution is 0.407. The minimum absolute atomic E-state index is 0.113. The molecule has 166 valence electrons. The second kappa shape index (κ2) is 9.39. The average molecular weight is 454 g/mol. The average Bonchev–Trinajstić information content (AvgIpc) is 2.90. The fraction of sp³-hybridized carbons (Fsp3) is 0.172. The van der Waals surface area contributed by atoms with Crippen LogP contribution >= 0.6 is 7.29 Å². The lowest BCUT2D eigenvalue weighted by atomic mass is 9.76. The number of ether oxygens (including phenoxy) is 1. The van der Waals surface area contributed by atoms with E-state index in [1.54, 1.807) is 7.11 Å². The standard InChI is InChI=1S/C29H28NO2P/c1-32-24-19-17-23-18-20-27(22-11-5-2-6-12-22)29(28(23)21-24)30-33(31,25-13-7-3-8-14-25)26-15-9-4-10-16-26/h2-17,19,21,27,29H,18,20H2,1H3,(H,30,31)/t27-,29+/m1/s1. The Morgan fingerprint density at radius 1 is 0.788 bits per heavy atom. The van der Waals surface area contributed by atoms with Crippen molar-refractivity contribution >= 4 is 17.9 Å². The van der Waals surface area contributed by atoms with Crippen LogP contribution in [0.4, 0.5) is 0 Å². The van der Waals surface area contributed by atoms with Crippen LogP contribution in [-0.2, 0) is 11.0 Å². The van der Waals surface area contributed by atoms with Gasteiger partial charge < -0.3 is 4.74 Å². The Bertz CT molecular complexity index is 1220. The van der Waals surface area contributed by atoms with Gasteiger partial charge in [0, 0.05) is 22.6 Å². The molecule has 0 saturated carbocycles. The molecule has 4 aromatic carbocycles. The van der Waals surface area contributed by atoms with Crippen molar-refractivity contribution in [2.45, 2.75) is 24.8 Å². The van der Waals surface area contributed by atoms with Gasteiger partial charge in [-0.2, -0.15) is 0 Å². The fourth-order valence-corrected chi connectivity index (χ4v) is 7.39. The van der Waals surface area contributed by atoms with Crippen LogP contribution in [0.2, 0.25) is 0 Å². The van der Waals surface area contributed by atoms with Gasteiger partial charge in [0.25, 0.3) is 0 Å². The lowest BCUT2D eigenvalue weighted by Crippen LogP contribution is -2.35. The summed E-state index contributed by atoms with van der Waals surface area (Å²) in [5.41, 5.74) is 3.71. The van der Waals surface area contributed by atoms with E-state index in [-0.39, 0.29) is 12.0 Å². The van der Waals surface area contributed by atoms with Gasteiger partial charge >= 0.3 is 0 Å². The molecule has 0 radical (unpaired) electrons. The first-order valence-electron chi connectivity index (χ1n) is 11.4. The first-order chi connectivity index (χ1) is 16.2. The maximum atomic E-state index is 14.9. The highest BCUT2D eigenvalue weighted by atomic mass is 31.2. The number of aryl methyl sites for hydroxylation is 1. The monoisotopic (exact) mass is 453 g/mol. The molecule has 0 saturated heterocycles. The van der Waals surface area contributed by atoms with E-state index in [0.29, 0.717) is 0 Å². The van der Waals surface area contributed by atoms with Gasteiger partial charge in [-0.15, -0.1) is 0 Å². The SMILES string of the molecule is COc1ccc2c(c1)[C@@H](NP(=O)(c1ccccc1)c1ccccc1)[C@@H](c1ccccc1)CC2. The zero-order valence-electron chi connectivity index (χ0n) is 18.7. The number of nitrogens with one attached hydrogen (secondary N) is 1. The Morgan fingerprint density at radius 2 is 1.36 bits per heavy atom. The molecule has 33 heavy (non-hydrogen) atoms. The first kappa shape index (κ1) is 21.7. The van der Waals surface area contributed by atoms with Gasteiger partial charge in [-0.05, 0) is 65.9 Å². The number of rotatable bonds is 6. The molecule has 0 heterocycles. The molecule has 1 N–H and O–H groups in total. The smallest absolute Gasteiger partial charge is 0.205 e. The quantitative estimate of drug-likeness (QED) is 0.365. The number of hydrogen-bond acceptors (Lipinski definition) is 2. The van der Waals surface area contributed by atoms with Crippen molar-refractivity contribution in [2.24, 2.45) is 0 Å². The predicted molar refractivity (Wildman–Crippen MR) is 136 cm³/mol. The minimum atomic E-state index is -3.12. The van der Waals surface area contributed by atoms with Gasteiger partial charge in [0.1, 0.15) is 5.75 Å². The van der Waals surface area contributed by atoms with Crippen molar-refractivity contribution in [3.05, 3.63) is 126 Å². The Morgan fingerprint density at radius 3 is 1.94 bits per heavy atom. The third-order valence-corrected chi connectivity index (χ3v) is 9.30. The molecule has 4 heteroatoms. The van der Waals surface area contributed by atoms with Crippen LogP contribution in [-0.4, -0.2) is 7.11 Å². The number of methoxy groups -OCH3 is 1. The van der Waals surface area contributed by atoms with E-state index in [4.69, 9.17) is 4.74 Å². The summed E-state index contributed by atoms with van der Waals surface area (Å²) in [5.74, 6) is 1.02. The number of fused-ring (bicyclic) bond motifs is 1. The van der Waals surface area contributed by atoms with Gasteiger partial charge in [0.05, 0.1) is 7.11 Å². The van der Waals surface area contributed by atoms with Gasteiger partial charge in [-0.1, -0.05) is 72.8 Å². The van der Waals surface area contributed by atoms with Crippen LogP contribution in [0, 0.1) is 0 Å². The molecule has 1 aliphatic carbocycles. The molecule has 0 fully saturated rings. The number of hydrogen-bond donors (Lipinski definition) is 1. The normalized spacial score (nSPS) is 17.8. The van der Waals surface area contributed by atoms with Gasteiger partial charge in [-0.3, -0.25) is 9.65 Å². The summed E-state index contributed by atoms with van der Waals surface area (Å²) in [5, 5.41) is 5.36. The van der Waals surface area contributed by atoms with Crippen LogP contribution in [0.1, 0.15) is 35.1 Å². The molecule has 4 aromatic rings. The van der Waals surface area contributed by atoms with Crippen molar-refractivity contribution in [1.29, 1.82) is 0 Å². The van der Waals surface area contributed by atoms with Crippen molar-refractivity contribution in [2.75, 3.05) is 7.11 Å². The Hall–Kier alpha value is -3.13. The molecule has 0 aliphatic heterocycles. The van der Waals surface area contributed by atoms with Crippen LogP contribution in [0.3, 0.4) is 0 Å². The van der Waals surface area contributed by atoms with E-state index in [1.807, 2.05) is 72.8 Å². The van der Waals surface area contributed by atoms with E-state index in [0.717, 1.165) is 29.2 Å². The molecule has 0 spiro atoms. The van der Waals surface area contributed by atoms with Gasteiger partial charge in [0.15, 0.2) is 0 Å². The highest BCUT2D eigenvalue weighted by molar-refractivity contribution is 7.76. The van der Waals surface area contributed by atoms with E-state index in [1.165, 1.54) is 16.7 Å². The third kappa shape index (κ3) is 4.27. The highest BCUT2D eigenvalue weighted by Gasteiger charge is 2.37. The second-order valence-corrected chi connectivity index (χ2v) is 11.0. The molecule has 1 aliphatic rings. The second-order valence-electron chi connectivity index (χ2n) is 8.51. The molecular formula is C29H28NO2P. The van der Waals surface area contributed by atoms with E-state index < -0.39 is 7.29 Å². The van der Waals surface area contributed by atoms with Gasteiger partial charge in [0.2, 0.25) is 7.29 Å². The summed E-state index contributed by atoms with van der Waals surface area (Å²) in [6, 6.07) is 36.4. The van der Waals surface area contributed by atoms with Crippen LogP contribution < -0.4 is 20.4 Å². The Kier molecular flexibility index (Phi) is 6.17. The maximum Gasteiger partial charge on any atom is 0.205 e. The van der Waals surface area contributed by atoms with E-state index in [9.17, 15) is 4.57 Å². The summed E-state index contributed by atoms with van der Waals surface area (Å²) in [6.45, 7) is 0. The first-order valence-corrected chi connectivity index (χ1v) is 13.1. The minimum Gasteiger partial charge on any atom is -0.497 e. The molecular weight excluding hydrogens is 425 g/mol. The van der Waals surface area contributed by atoms with E-state index in [2.05, 4.69) is 41.5 Å². The molecule has 0 bridgehead atoms. The summed E-state index contributed by atoms with van der Waals surface area (Å²) in [7, 11) is -1.43. The molecule has 0 aromatic heterocycles. The summed E-state index contributed by atoms with van der Waals surface area (Å²) < 4.78 is 20.5. The molecule has 3 nitrogen and oxygen atoms in total. The maximum absolute atomic E-state index is 14.9. The molecule has 5 rings (SSSR count). The molecule has 2 atom stereocenters. The fourth-order valence-electron chi connectivity index (χ4n) is 4.90. The van der Waals surface area contributed by atoms with Crippen LogP contribution in [0.5, 0.6) is 5.75 Å². The van der Waals surface area contributed by atoms with Crippen LogP contribution in [0.15, 0.2) is 109 Å². The molecule has 0 unspecified atom stereocenters.